The van der Waals surface area contributed by atoms with Gasteiger partial charge >= 0.3 is 0 Å². The van der Waals surface area contributed by atoms with Crippen LogP contribution in [0.25, 0.3) is 0 Å². The van der Waals surface area contributed by atoms with E-state index in [1.54, 1.807) is 6.20 Å². The Morgan fingerprint density at radius 1 is 1.30 bits per heavy atom. The van der Waals surface area contributed by atoms with Crippen LogP contribution in [0.3, 0.4) is 0 Å². The first-order valence-electron chi connectivity index (χ1n) is 9.38. The molecule has 1 saturated heterocycles. The minimum absolute atomic E-state index is 0.00985. The molecule has 0 bridgehead atoms. The van der Waals surface area contributed by atoms with Gasteiger partial charge < -0.3 is 15.2 Å². The first-order chi connectivity index (χ1) is 13.1. The summed E-state index contributed by atoms with van der Waals surface area (Å²) in [5, 5.41) is 11.8. The van der Waals surface area contributed by atoms with Crippen molar-refractivity contribution < 1.29 is 14.6 Å². The summed E-state index contributed by atoms with van der Waals surface area (Å²) in [7, 11) is 0. The molecule has 0 radical (unpaired) electrons. The Hall–Kier alpha value is -2.44. The number of nitrogens with zero attached hydrogens (tertiary/aromatic N) is 2. The molecule has 6 heteroatoms. The number of pyridine rings is 1. The van der Waals surface area contributed by atoms with Gasteiger partial charge in [-0.25, -0.2) is 0 Å². The van der Waals surface area contributed by atoms with Crippen LogP contribution < -0.4 is 10.1 Å². The summed E-state index contributed by atoms with van der Waals surface area (Å²) in [6, 6.07) is 13.8. The van der Waals surface area contributed by atoms with Crippen LogP contribution in [0.15, 0.2) is 48.7 Å². The van der Waals surface area contributed by atoms with Gasteiger partial charge in [-0.15, -0.1) is 0 Å². The predicted molar refractivity (Wildman–Crippen MR) is 103 cm³/mol. The van der Waals surface area contributed by atoms with Gasteiger partial charge in [0.1, 0.15) is 12.4 Å². The van der Waals surface area contributed by atoms with Crippen molar-refractivity contribution in [3.05, 3.63) is 59.9 Å². The number of aliphatic hydroxyl groups excluding tert-OH is 1. The van der Waals surface area contributed by atoms with Gasteiger partial charge in [0.15, 0.2) is 0 Å². The molecule has 3 rings (SSSR count). The van der Waals surface area contributed by atoms with Crippen LogP contribution in [-0.2, 0) is 17.9 Å². The Bertz CT molecular complexity index is 736. The van der Waals surface area contributed by atoms with Crippen molar-refractivity contribution in [3.63, 3.8) is 0 Å². The maximum Gasteiger partial charge on any atom is 0.240 e. The van der Waals surface area contributed by atoms with Crippen molar-refractivity contribution in [3.8, 4) is 5.75 Å². The number of carbonyl (C=O) groups is 1. The van der Waals surface area contributed by atoms with Crippen LogP contribution >= 0.6 is 0 Å². The van der Waals surface area contributed by atoms with Crippen molar-refractivity contribution in [2.45, 2.75) is 38.5 Å². The number of aromatic nitrogens is 1. The van der Waals surface area contributed by atoms with Crippen molar-refractivity contribution in [2.24, 2.45) is 0 Å². The predicted octanol–water partition coefficient (Wildman–Crippen LogP) is 2.12. The second-order valence-corrected chi connectivity index (χ2v) is 7.03. The summed E-state index contributed by atoms with van der Waals surface area (Å²) in [6.45, 7) is 4.28. The molecule has 2 N–H and O–H groups in total. The molecule has 1 unspecified atom stereocenters. The number of ether oxygens (including phenoxy) is 1. The van der Waals surface area contributed by atoms with Gasteiger partial charge in [0, 0.05) is 19.3 Å². The minimum Gasteiger partial charge on any atom is -0.487 e. The maximum atomic E-state index is 12.5. The van der Waals surface area contributed by atoms with E-state index in [1.165, 1.54) is 0 Å². The lowest BCUT2D eigenvalue weighted by Gasteiger charge is -2.34. The molecule has 2 heterocycles. The molecule has 2 aromatic rings. The smallest absolute Gasteiger partial charge is 0.240 e. The number of carbonyl (C=O) groups excluding carboxylic acids is 1. The van der Waals surface area contributed by atoms with E-state index in [4.69, 9.17) is 9.84 Å². The third-order valence-electron chi connectivity index (χ3n) is 5.09. The largest absolute Gasteiger partial charge is 0.487 e. The zero-order valence-electron chi connectivity index (χ0n) is 15.7. The highest BCUT2D eigenvalue weighted by molar-refractivity contribution is 5.86. The lowest BCUT2D eigenvalue weighted by Crippen LogP contribution is -2.53. The SMILES string of the molecule is CC1(C(=O)NCCO)CCCN1Cc1ccc(OCc2ccccn2)cc1. The van der Waals surface area contributed by atoms with Crippen LogP contribution in [0.5, 0.6) is 5.75 Å². The normalized spacial score (nSPS) is 19.8. The molecule has 1 amide bonds. The number of nitrogens with one attached hydrogen (secondary N) is 1. The van der Waals surface area contributed by atoms with Crippen LogP contribution in [0.4, 0.5) is 0 Å². The molecule has 0 saturated carbocycles. The number of benzene rings is 1. The Morgan fingerprint density at radius 2 is 2.11 bits per heavy atom. The number of hydrogen-bond acceptors (Lipinski definition) is 5. The van der Waals surface area contributed by atoms with Crippen LogP contribution in [0.2, 0.25) is 0 Å². The highest BCUT2D eigenvalue weighted by Gasteiger charge is 2.42. The van der Waals surface area contributed by atoms with Gasteiger partial charge in [-0.1, -0.05) is 18.2 Å². The summed E-state index contributed by atoms with van der Waals surface area (Å²) in [5.41, 5.74) is 1.51. The second-order valence-electron chi connectivity index (χ2n) is 7.03. The number of aliphatic hydroxyl groups is 1. The first-order valence-corrected chi connectivity index (χ1v) is 9.38. The molecular weight excluding hydrogens is 342 g/mol. The fraction of sp³-hybridized carbons (Fsp3) is 0.429. The Kier molecular flexibility index (Phi) is 6.42. The number of hydrogen-bond donors (Lipinski definition) is 2. The third kappa shape index (κ3) is 4.84. The quantitative estimate of drug-likeness (QED) is 0.746. The summed E-state index contributed by atoms with van der Waals surface area (Å²) < 4.78 is 5.78. The van der Waals surface area contributed by atoms with Crippen molar-refractivity contribution >= 4 is 5.91 Å². The monoisotopic (exact) mass is 369 g/mol. The molecule has 1 atom stereocenters. The molecule has 0 spiro atoms. The summed E-state index contributed by atoms with van der Waals surface area (Å²) >= 11 is 0. The molecule has 6 nitrogen and oxygen atoms in total. The van der Waals surface area contributed by atoms with Gasteiger partial charge in [-0.05, 0) is 56.1 Å². The van der Waals surface area contributed by atoms with Gasteiger partial charge in [0.25, 0.3) is 0 Å². The van der Waals surface area contributed by atoms with Crippen LogP contribution in [0.1, 0.15) is 31.0 Å². The Morgan fingerprint density at radius 3 is 2.81 bits per heavy atom. The highest BCUT2D eigenvalue weighted by Crippen LogP contribution is 2.31. The molecule has 27 heavy (non-hydrogen) atoms. The second kappa shape index (κ2) is 8.97. The number of rotatable bonds is 8. The Balaban J connectivity index is 1.58. The van der Waals surface area contributed by atoms with Gasteiger partial charge in [-0.3, -0.25) is 14.7 Å². The van der Waals surface area contributed by atoms with E-state index >= 15 is 0 Å². The summed E-state index contributed by atoms with van der Waals surface area (Å²) in [6.07, 6.45) is 3.58. The summed E-state index contributed by atoms with van der Waals surface area (Å²) in [5.74, 6) is 0.790. The lowest BCUT2D eigenvalue weighted by atomic mass is 9.97. The molecule has 1 fully saturated rings. The summed E-state index contributed by atoms with van der Waals surface area (Å²) in [4.78, 5) is 19.0. The van der Waals surface area contributed by atoms with E-state index in [0.717, 1.165) is 36.4 Å². The molecule has 1 aromatic heterocycles. The Labute approximate surface area is 160 Å². The van der Waals surface area contributed by atoms with E-state index < -0.39 is 5.54 Å². The zero-order chi connectivity index (χ0) is 19.1. The average Bonchev–Trinajstić information content (AvgIpc) is 3.08. The highest BCUT2D eigenvalue weighted by atomic mass is 16.5. The van der Waals surface area contributed by atoms with E-state index in [9.17, 15) is 4.79 Å². The van der Waals surface area contributed by atoms with Crippen LogP contribution in [-0.4, -0.2) is 46.1 Å². The molecule has 0 aliphatic carbocycles. The lowest BCUT2D eigenvalue weighted by molar-refractivity contribution is -0.131. The van der Waals surface area contributed by atoms with E-state index in [0.29, 0.717) is 19.7 Å². The zero-order valence-corrected chi connectivity index (χ0v) is 15.7. The topological polar surface area (TPSA) is 74.7 Å². The maximum absolute atomic E-state index is 12.5. The fourth-order valence-corrected chi connectivity index (χ4v) is 3.44. The minimum atomic E-state index is -0.524. The molecule has 1 aliphatic rings. The average molecular weight is 369 g/mol. The third-order valence-corrected chi connectivity index (χ3v) is 5.09. The van der Waals surface area contributed by atoms with Gasteiger partial charge in [0.05, 0.1) is 17.8 Å². The van der Waals surface area contributed by atoms with Crippen molar-refractivity contribution in [1.82, 2.24) is 15.2 Å². The van der Waals surface area contributed by atoms with Gasteiger partial charge in [-0.2, -0.15) is 0 Å². The van der Waals surface area contributed by atoms with Gasteiger partial charge in [0.2, 0.25) is 5.91 Å². The standard InChI is InChI=1S/C21H27N3O3/c1-21(20(26)23-12-14-25)10-4-13-24(21)15-17-6-8-19(9-7-17)27-16-18-5-2-3-11-22-18/h2-3,5-9,11,25H,4,10,12-16H2,1H3,(H,23,26). The van der Waals surface area contributed by atoms with Crippen LogP contribution in [0, 0.1) is 0 Å². The first kappa shape index (κ1) is 19.3. The molecule has 1 aromatic carbocycles. The van der Waals surface area contributed by atoms with E-state index in [2.05, 4.69) is 15.2 Å². The molecule has 1 aliphatic heterocycles. The van der Waals surface area contributed by atoms with E-state index in [1.807, 2.05) is 49.4 Å². The molecule has 144 valence electrons. The van der Waals surface area contributed by atoms with E-state index in [-0.39, 0.29) is 12.5 Å². The van der Waals surface area contributed by atoms with Crippen molar-refractivity contribution in [1.29, 1.82) is 0 Å². The fourth-order valence-electron chi connectivity index (χ4n) is 3.44. The number of amides is 1. The molecular formula is C21H27N3O3. The number of likely N-dealkylation sites (tertiary alicyclic amines) is 1. The van der Waals surface area contributed by atoms with Crippen molar-refractivity contribution in [2.75, 3.05) is 19.7 Å².